The van der Waals surface area contributed by atoms with Crippen molar-refractivity contribution in [3.05, 3.63) is 0 Å². The standard InChI is InChI=1S/C10H13F3O2/c1-15-8(14)9(10(11,12)13)5-6-2-3-7(9)4-6/h6-7H,2-5H2,1H3. The number of rotatable bonds is 1. The summed E-state index contributed by atoms with van der Waals surface area (Å²) in [7, 11) is 1.03. The van der Waals surface area contributed by atoms with E-state index in [0.29, 0.717) is 12.8 Å². The number of carbonyl (C=O) groups is 1. The Morgan fingerprint density at radius 2 is 2.07 bits per heavy atom. The molecule has 2 saturated carbocycles. The molecule has 0 saturated heterocycles. The van der Waals surface area contributed by atoms with Crippen LogP contribution in [0.1, 0.15) is 25.7 Å². The van der Waals surface area contributed by atoms with E-state index in [1.165, 1.54) is 0 Å². The van der Waals surface area contributed by atoms with Gasteiger partial charge in [0.1, 0.15) is 0 Å². The molecule has 3 atom stereocenters. The largest absolute Gasteiger partial charge is 0.468 e. The van der Waals surface area contributed by atoms with Gasteiger partial charge >= 0.3 is 12.1 Å². The first-order valence-corrected chi connectivity index (χ1v) is 5.07. The van der Waals surface area contributed by atoms with Gasteiger partial charge in [-0.3, -0.25) is 4.79 Å². The highest BCUT2D eigenvalue weighted by molar-refractivity contribution is 5.79. The van der Waals surface area contributed by atoms with Gasteiger partial charge in [0, 0.05) is 0 Å². The zero-order valence-electron chi connectivity index (χ0n) is 8.43. The van der Waals surface area contributed by atoms with E-state index >= 15 is 0 Å². The fraction of sp³-hybridized carbons (Fsp3) is 0.900. The lowest BCUT2D eigenvalue weighted by Crippen LogP contribution is -2.49. The van der Waals surface area contributed by atoms with Gasteiger partial charge in [-0.1, -0.05) is 6.42 Å². The Morgan fingerprint density at radius 3 is 2.40 bits per heavy atom. The van der Waals surface area contributed by atoms with Crippen molar-refractivity contribution in [2.75, 3.05) is 7.11 Å². The molecule has 0 aromatic rings. The van der Waals surface area contributed by atoms with E-state index in [9.17, 15) is 18.0 Å². The lowest BCUT2D eigenvalue weighted by atomic mass is 9.72. The molecule has 2 rings (SSSR count). The molecular weight excluding hydrogens is 209 g/mol. The van der Waals surface area contributed by atoms with E-state index in [1.54, 1.807) is 0 Å². The normalized spacial score (nSPS) is 39.5. The van der Waals surface area contributed by atoms with Gasteiger partial charge in [0.05, 0.1) is 7.11 Å². The highest BCUT2D eigenvalue weighted by atomic mass is 19.4. The molecule has 0 N–H and O–H groups in total. The molecule has 2 nitrogen and oxygen atoms in total. The predicted molar refractivity (Wildman–Crippen MR) is 46.0 cm³/mol. The molecule has 3 unspecified atom stereocenters. The highest BCUT2D eigenvalue weighted by Crippen LogP contribution is 2.62. The summed E-state index contributed by atoms with van der Waals surface area (Å²) in [4.78, 5) is 11.4. The summed E-state index contributed by atoms with van der Waals surface area (Å²) in [6.45, 7) is 0. The minimum absolute atomic E-state index is 0.0516. The SMILES string of the molecule is COC(=O)C1(C(F)(F)F)CC2CCC1C2. The average molecular weight is 222 g/mol. The second-order valence-corrected chi connectivity index (χ2v) is 4.54. The molecule has 2 aliphatic rings. The van der Waals surface area contributed by atoms with Crippen LogP contribution in [0.5, 0.6) is 0 Å². The summed E-state index contributed by atoms with van der Waals surface area (Å²) in [5.41, 5.74) is -2.20. The van der Waals surface area contributed by atoms with Gasteiger partial charge in [0.15, 0.2) is 5.41 Å². The van der Waals surface area contributed by atoms with Gasteiger partial charge in [0.25, 0.3) is 0 Å². The predicted octanol–water partition coefficient (Wildman–Crippen LogP) is 2.53. The van der Waals surface area contributed by atoms with E-state index < -0.39 is 23.5 Å². The molecule has 0 aromatic carbocycles. The van der Waals surface area contributed by atoms with Gasteiger partial charge in [-0.2, -0.15) is 13.2 Å². The molecule has 15 heavy (non-hydrogen) atoms. The van der Waals surface area contributed by atoms with Gasteiger partial charge < -0.3 is 4.74 Å². The lowest BCUT2D eigenvalue weighted by molar-refractivity contribution is -0.246. The topological polar surface area (TPSA) is 26.3 Å². The second-order valence-electron chi connectivity index (χ2n) is 4.54. The van der Waals surface area contributed by atoms with Crippen molar-refractivity contribution in [2.45, 2.75) is 31.9 Å². The van der Waals surface area contributed by atoms with Crippen LogP contribution in [-0.4, -0.2) is 19.3 Å². The first-order valence-electron chi connectivity index (χ1n) is 5.07. The number of esters is 1. The van der Waals surface area contributed by atoms with E-state index in [1.807, 2.05) is 0 Å². The van der Waals surface area contributed by atoms with Crippen molar-refractivity contribution in [3.63, 3.8) is 0 Å². The molecule has 0 aliphatic heterocycles. The van der Waals surface area contributed by atoms with Crippen molar-refractivity contribution in [2.24, 2.45) is 17.3 Å². The Bertz CT molecular complexity index is 287. The fourth-order valence-electron chi connectivity index (χ4n) is 3.22. The second kappa shape index (κ2) is 3.12. The molecule has 2 fully saturated rings. The summed E-state index contributed by atoms with van der Waals surface area (Å²) < 4.78 is 43.4. The third-order valence-corrected chi connectivity index (χ3v) is 3.90. The Hall–Kier alpha value is -0.740. The first-order chi connectivity index (χ1) is 6.91. The number of fused-ring (bicyclic) bond motifs is 2. The molecule has 86 valence electrons. The molecule has 2 aliphatic carbocycles. The third kappa shape index (κ3) is 1.28. The zero-order valence-corrected chi connectivity index (χ0v) is 8.43. The number of hydrogen-bond acceptors (Lipinski definition) is 2. The maximum absolute atomic E-state index is 13.0. The van der Waals surface area contributed by atoms with Gasteiger partial charge in [-0.15, -0.1) is 0 Å². The van der Waals surface area contributed by atoms with Crippen LogP contribution in [0, 0.1) is 17.3 Å². The summed E-state index contributed by atoms with van der Waals surface area (Å²) in [6.07, 6.45) is -2.71. The van der Waals surface area contributed by atoms with E-state index in [-0.39, 0.29) is 12.3 Å². The molecule has 0 heterocycles. The first kappa shape index (κ1) is 10.8. The van der Waals surface area contributed by atoms with Crippen molar-refractivity contribution in [3.8, 4) is 0 Å². The Labute approximate surface area is 85.8 Å². The van der Waals surface area contributed by atoms with Crippen LogP contribution >= 0.6 is 0 Å². The quantitative estimate of drug-likeness (QED) is 0.637. The maximum atomic E-state index is 13.0. The average Bonchev–Trinajstić information content (AvgIpc) is 2.74. The fourth-order valence-corrected chi connectivity index (χ4v) is 3.22. The molecular formula is C10H13F3O2. The summed E-state index contributed by atoms with van der Waals surface area (Å²) >= 11 is 0. The third-order valence-electron chi connectivity index (χ3n) is 3.90. The van der Waals surface area contributed by atoms with Crippen molar-refractivity contribution < 1.29 is 22.7 Å². The molecule has 0 amide bonds. The van der Waals surface area contributed by atoms with Crippen molar-refractivity contribution >= 4 is 5.97 Å². The number of carbonyl (C=O) groups excluding carboxylic acids is 1. The minimum Gasteiger partial charge on any atom is -0.468 e. The molecule has 0 radical (unpaired) electrons. The summed E-state index contributed by atoms with van der Waals surface area (Å²) in [5.74, 6) is -1.60. The van der Waals surface area contributed by atoms with E-state index in [4.69, 9.17) is 0 Å². The molecule has 5 heteroatoms. The number of hydrogen-bond donors (Lipinski definition) is 0. The van der Waals surface area contributed by atoms with Crippen LogP contribution in [0.15, 0.2) is 0 Å². The summed E-state index contributed by atoms with van der Waals surface area (Å²) in [6, 6.07) is 0. The molecule has 0 spiro atoms. The highest BCUT2D eigenvalue weighted by Gasteiger charge is 2.70. The van der Waals surface area contributed by atoms with Crippen LogP contribution < -0.4 is 0 Å². The van der Waals surface area contributed by atoms with E-state index in [0.717, 1.165) is 13.5 Å². The lowest BCUT2D eigenvalue weighted by Gasteiger charge is -2.36. The zero-order chi connectivity index (χ0) is 11.3. The van der Waals surface area contributed by atoms with Gasteiger partial charge in [0.2, 0.25) is 0 Å². The Kier molecular flexibility index (Phi) is 2.24. The molecule has 0 aromatic heterocycles. The smallest absolute Gasteiger partial charge is 0.405 e. The molecule has 2 bridgehead atoms. The van der Waals surface area contributed by atoms with Crippen LogP contribution in [-0.2, 0) is 9.53 Å². The minimum atomic E-state index is -4.47. The van der Waals surface area contributed by atoms with Gasteiger partial charge in [-0.05, 0) is 31.1 Å². The number of methoxy groups -OCH3 is 1. The van der Waals surface area contributed by atoms with Crippen molar-refractivity contribution in [1.82, 2.24) is 0 Å². The van der Waals surface area contributed by atoms with E-state index in [2.05, 4.69) is 4.74 Å². The monoisotopic (exact) mass is 222 g/mol. The Balaban J connectivity index is 2.37. The van der Waals surface area contributed by atoms with Gasteiger partial charge in [-0.25, -0.2) is 0 Å². The maximum Gasteiger partial charge on any atom is 0.405 e. The van der Waals surface area contributed by atoms with Crippen LogP contribution in [0.25, 0.3) is 0 Å². The van der Waals surface area contributed by atoms with Crippen LogP contribution in [0.2, 0.25) is 0 Å². The Morgan fingerprint density at radius 1 is 1.40 bits per heavy atom. The number of ether oxygens (including phenoxy) is 1. The number of alkyl halides is 3. The summed E-state index contributed by atoms with van der Waals surface area (Å²) in [5, 5.41) is 0. The van der Waals surface area contributed by atoms with Crippen molar-refractivity contribution in [1.29, 1.82) is 0 Å². The van der Waals surface area contributed by atoms with Crippen LogP contribution in [0.4, 0.5) is 13.2 Å². The van der Waals surface area contributed by atoms with Crippen LogP contribution in [0.3, 0.4) is 0 Å². The number of halogens is 3.